The summed E-state index contributed by atoms with van der Waals surface area (Å²) in [5.74, 6) is -0.186. The Kier molecular flexibility index (Phi) is 9.00. The van der Waals surface area contributed by atoms with Crippen LogP contribution in [0.4, 0.5) is 4.79 Å². The lowest BCUT2D eigenvalue weighted by Gasteiger charge is -2.26. The number of hydrogen-bond donors (Lipinski definition) is 2. The number of carboxylic acids is 1. The van der Waals surface area contributed by atoms with Gasteiger partial charge in [0.1, 0.15) is 0 Å². The monoisotopic (exact) mass is 272 g/mol. The molecule has 0 heterocycles. The van der Waals surface area contributed by atoms with Crippen LogP contribution in [0.1, 0.15) is 53.4 Å². The number of amides is 2. The summed E-state index contributed by atoms with van der Waals surface area (Å²) in [4.78, 5) is 24.0. The normalized spacial score (nSPS) is 10.8. The molecule has 0 saturated heterocycles. The molecule has 0 saturated carbocycles. The van der Waals surface area contributed by atoms with Crippen LogP contribution in [0, 0.1) is 5.92 Å². The number of aliphatic carboxylic acids is 1. The van der Waals surface area contributed by atoms with Gasteiger partial charge in [0.15, 0.2) is 0 Å². The Morgan fingerprint density at radius 3 is 2.26 bits per heavy atom. The van der Waals surface area contributed by atoms with Gasteiger partial charge in [-0.3, -0.25) is 4.79 Å². The van der Waals surface area contributed by atoms with Gasteiger partial charge in [-0.2, -0.15) is 0 Å². The zero-order valence-corrected chi connectivity index (χ0v) is 12.6. The fraction of sp³-hybridized carbons (Fsp3) is 0.857. The lowest BCUT2D eigenvalue weighted by Crippen LogP contribution is -2.45. The van der Waals surface area contributed by atoms with Crippen molar-refractivity contribution in [2.24, 2.45) is 5.92 Å². The molecule has 0 fully saturated rings. The van der Waals surface area contributed by atoms with Gasteiger partial charge in [-0.05, 0) is 26.2 Å². The fourth-order valence-corrected chi connectivity index (χ4v) is 1.78. The molecule has 19 heavy (non-hydrogen) atoms. The number of nitrogens with one attached hydrogen (secondary N) is 1. The molecule has 0 atom stereocenters. The highest BCUT2D eigenvalue weighted by molar-refractivity contribution is 5.75. The summed E-state index contributed by atoms with van der Waals surface area (Å²) >= 11 is 0. The Morgan fingerprint density at radius 2 is 1.79 bits per heavy atom. The maximum absolute atomic E-state index is 11.9. The molecule has 5 heteroatoms. The molecule has 0 aliphatic rings. The zero-order valence-electron chi connectivity index (χ0n) is 12.6. The highest BCUT2D eigenvalue weighted by atomic mass is 16.4. The summed E-state index contributed by atoms with van der Waals surface area (Å²) in [6.07, 6.45) is 3.23. The van der Waals surface area contributed by atoms with E-state index in [9.17, 15) is 9.59 Å². The van der Waals surface area contributed by atoms with Crippen LogP contribution in [-0.4, -0.2) is 41.1 Å². The lowest BCUT2D eigenvalue weighted by atomic mass is 10.1. The zero-order chi connectivity index (χ0) is 14.8. The van der Waals surface area contributed by atoms with E-state index in [4.69, 9.17) is 5.11 Å². The number of carbonyl (C=O) groups excluding carboxylic acids is 1. The van der Waals surface area contributed by atoms with Gasteiger partial charge in [-0.25, -0.2) is 4.79 Å². The minimum atomic E-state index is -0.879. The third-order valence-corrected chi connectivity index (χ3v) is 2.94. The highest BCUT2D eigenvalue weighted by Gasteiger charge is 2.17. The van der Waals surface area contributed by atoms with Crippen molar-refractivity contribution in [1.82, 2.24) is 10.2 Å². The minimum Gasteiger partial charge on any atom is -0.481 e. The Hall–Kier alpha value is -1.26. The molecule has 0 radical (unpaired) electrons. The number of nitrogens with zero attached hydrogens (tertiary/aromatic N) is 1. The lowest BCUT2D eigenvalue weighted by molar-refractivity contribution is -0.137. The standard InChI is InChI=1S/C14H28N2O3/c1-11(2)7-5-6-9-15-14(19)16(12(3)4)10-8-13(17)18/h11-12H,5-10H2,1-4H3,(H,15,19)(H,17,18). The summed E-state index contributed by atoms with van der Waals surface area (Å²) in [6, 6.07) is -0.157. The fourth-order valence-electron chi connectivity index (χ4n) is 1.78. The first-order chi connectivity index (χ1) is 8.84. The van der Waals surface area contributed by atoms with Crippen LogP contribution in [0.5, 0.6) is 0 Å². The molecule has 0 aromatic carbocycles. The van der Waals surface area contributed by atoms with E-state index in [1.165, 1.54) is 6.42 Å². The first kappa shape index (κ1) is 17.7. The van der Waals surface area contributed by atoms with Gasteiger partial charge in [0.25, 0.3) is 0 Å². The Morgan fingerprint density at radius 1 is 1.16 bits per heavy atom. The van der Waals surface area contributed by atoms with E-state index in [2.05, 4.69) is 19.2 Å². The number of carbonyl (C=O) groups is 2. The van der Waals surface area contributed by atoms with Crippen molar-refractivity contribution in [3.63, 3.8) is 0 Å². The second kappa shape index (κ2) is 9.64. The number of unbranched alkanes of at least 4 members (excludes halogenated alkanes) is 1. The second-order valence-electron chi connectivity index (χ2n) is 5.55. The van der Waals surface area contributed by atoms with Crippen molar-refractivity contribution in [2.75, 3.05) is 13.1 Å². The summed E-state index contributed by atoms with van der Waals surface area (Å²) in [5.41, 5.74) is 0. The van der Waals surface area contributed by atoms with E-state index < -0.39 is 5.97 Å². The van der Waals surface area contributed by atoms with Crippen molar-refractivity contribution in [3.8, 4) is 0 Å². The van der Waals surface area contributed by atoms with Crippen molar-refractivity contribution in [3.05, 3.63) is 0 Å². The Bertz CT molecular complexity index is 278. The van der Waals surface area contributed by atoms with Gasteiger partial charge in [0.2, 0.25) is 0 Å². The maximum Gasteiger partial charge on any atom is 0.317 e. The van der Waals surface area contributed by atoms with E-state index in [0.717, 1.165) is 12.8 Å². The Labute approximate surface area is 116 Å². The van der Waals surface area contributed by atoms with Crippen LogP contribution in [0.25, 0.3) is 0 Å². The van der Waals surface area contributed by atoms with Gasteiger partial charge in [0, 0.05) is 19.1 Å². The second-order valence-corrected chi connectivity index (χ2v) is 5.55. The van der Waals surface area contributed by atoms with Crippen LogP contribution in [-0.2, 0) is 4.79 Å². The molecule has 5 nitrogen and oxygen atoms in total. The highest BCUT2D eigenvalue weighted by Crippen LogP contribution is 2.06. The topological polar surface area (TPSA) is 69.6 Å². The molecule has 0 unspecified atom stereocenters. The average molecular weight is 272 g/mol. The van der Waals surface area contributed by atoms with Gasteiger partial charge in [-0.1, -0.05) is 26.7 Å². The first-order valence-corrected chi connectivity index (χ1v) is 7.10. The first-order valence-electron chi connectivity index (χ1n) is 7.10. The predicted molar refractivity (Wildman–Crippen MR) is 76.2 cm³/mol. The minimum absolute atomic E-state index is 0.00927. The molecule has 0 spiro atoms. The SMILES string of the molecule is CC(C)CCCCNC(=O)N(CCC(=O)O)C(C)C. The van der Waals surface area contributed by atoms with Crippen LogP contribution in [0.15, 0.2) is 0 Å². The summed E-state index contributed by atoms with van der Waals surface area (Å²) in [6.45, 7) is 9.06. The van der Waals surface area contributed by atoms with Crippen molar-refractivity contribution in [2.45, 2.75) is 59.4 Å². The molecule has 0 aliphatic carbocycles. The molecule has 0 bridgehead atoms. The van der Waals surface area contributed by atoms with Crippen molar-refractivity contribution >= 4 is 12.0 Å². The van der Waals surface area contributed by atoms with Crippen LogP contribution >= 0.6 is 0 Å². The van der Waals surface area contributed by atoms with Gasteiger partial charge in [-0.15, -0.1) is 0 Å². The van der Waals surface area contributed by atoms with E-state index >= 15 is 0 Å². The molecule has 0 aromatic rings. The quantitative estimate of drug-likeness (QED) is 0.634. The van der Waals surface area contributed by atoms with Gasteiger partial charge >= 0.3 is 12.0 Å². The molecule has 2 N–H and O–H groups in total. The van der Waals surface area contributed by atoms with Gasteiger partial charge in [0.05, 0.1) is 6.42 Å². The van der Waals surface area contributed by atoms with Crippen LogP contribution in [0.3, 0.4) is 0 Å². The van der Waals surface area contributed by atoms with Gasteiger partial charge < -0.3 is 15.3 Å². The molecular formula is C14H28N2O3. The Balaban J connectivity index is 3.94. The molecule has 112 valence electrons. The third kappa shape index (κ3) is 9.33. The van der Waals surface area contributed by atoms with E-state index in [-0.39, 0.29) is 25.0 Å². The van der Waals surface area contributed by atoms with Crippen LogP contribution < -0.4 is 5.32 Å². The van der Waals surface area contributed by atoms with E-state index in [1.54, 1.807) is 4.90 Å². The smallest absolute Gasteiger partial charge is 0.317 e. The van der Waals surface area contributed by atoms with E-state index in [0.29, 0.717) is 12.5 Å². The van der Waals surface area contributed by atoms with Crippen molar-refractivity contribution < 1.29 is 14.7 Å². The average Bonchev–Trinajstić information content (AvgIpc) is 2.27. The molecule has 0 aromatic heterocycles. The third-order valence-electron chi connectivity index (χ3n) is 2.94. The number of rotatable bonds is 9. The predicted octanol–water partition coefficient (Wildman–Crippen LogP) is 2.71. The largest absolute Gasteiger partial charge is 0.481 e. The molecule has 0 rings (SSSR count). The molecular weight excluding hydrogens is 244 g/mol. The number of urea groups is 1. The number of carboxylic acid groups (broad SMARTS) is 1. The summed E-state index contributed by atoms with van der Waals surface area (Å²) < 4.78 is 0. The summed E-state index contributed by atoms with van der Waals surface area (Å²) in [7, 11) is 0. The summed E-state index contributed by atoms with van der Waals surface area (Å²) in [5, 5.41) is 11.5. The number of hydrogen-bond acceptors (Lipinski definition) is 2. The van der Waals surface area contributed by atoms with Crippen LogP contribution in [0.2, 0.25) is 0 Å². The maximum atomic E-state index is 11.9. The van der Waals surface area contributed by atoms with Crippen molar-refractivity contribution in [1.29, 1.82) is 0 Å². The molecule has 2 amide bonds. The van der Waals surface area contributed by atoms with E-state index in [1.807, 2.05) is 13.8 Å². The molecule has 0 aliphatic heterocycles.